The van der Waals surface area contributed by atoms with Crippen molar-refractivity contribution >= 4 is 11.8 Å². The number of nitrogens with zero attached hydrogens (tertiary/aromatic N) is 3. The Hall–Kier alpha value is -3.41. The molecule has 0 spiro atoms. The van der Waals surface area contributed by atoms with Crippen LogP contribution < -0.4 is 5.32 Å². The summed E-state index contributed by atoms with van der Waals surface area (Å²) >= 11 is 0. The molecule has 1 fully saturated rings. The van der Waals surface area contributed by atoms with E-state index >= 15 is 0 Å². The van der Waals surface area contributed by atoms with Crippen LogP contribution in [-0.2, 0) is 4.79 Å². The fourth-order valence-corrected chi connectivity index (χ4v) is 3.66. The van der Waals surface area contributed by atoms with Crippen LogP contribution in [0, 0.1) is 0 Å². The molecule has 3 aromatic rings. The van der Waals surface area contributed by atoms with Gasteiger partial charge < -0.3 is 10.2 Å². The van der Waals surface area contributed by atoms with E-state index in [-0.39, 0.29) is 17.9 Å². The Labute approximate surface area is 170 Å². The van der Waals surface area contributed by atoms with Gasteiger partial charge in [-0.05, 0) is 25.0 Å². The van der Waals surface area contributed by atoms with Crippen LogP contribution in [0.1, 0.15) is 30.3 Å². The average molecular weight is 388 g/mol. The number of carbonyl (C=O) groups excluding carboxylic acids is 2. The van der Waals surface area contributed by atoms with Crippen LogP contribution in [-0.4, -0.2) is 45.4 Å². The first-order valence-electron chi connectivity index (χ1n) is 9.88. The van der Waals surface area contributed by atoms with E-state index in [4.69, 9.17) is 0 Å². The molecule has 6 nitrogen and oxygen atoms in total. The van der Waals surface area contributed by atoms with Crippen LogP contribution in [0.15, 0.2) is 66.9 Å². The smallest absolute Gasteiger partial charge is 0.271 e. The maximum Gasteiger partial charge on any atom is 0.271 e. The summed E-state index contributed by atoms with van der Waals surface area (Å²) in [6, 6.07) is 19.8. The van der Waals surface area contributed by atoms with Crippen molar-refractivity contribution in [1.82, 2.24) is 19.8 Å². The monoisotopic (exact) mass is 388 g/mol. The van der Waals surface area contributed by atoms with Crippen molar-refractivity contribution in [2.45, 2.75) is 25.8 Å². The Morgan fingerprint density at radius 3 is 2.21 bits per heavy atom. The van der Waals surface area contributed by atoms with Crippen LogP contribution in [0.4, 0.5) is 0 Å². The average Bonchev–Trinajstić information content (AvgIpc) is 3.21. The SMILES string of the molecule is CC(=O)N1CCC(NC(=O)c2cn(-c3ccccc3)c(-c3ccccc3)n2)CC1. The lowest BCUT2D eigenvalue weighted by Gasteiger charge is -2.31. The minimum atomic E-state index is -0.182. The van der Waals surface area contributed by atoms with E-state index in [9.17, 15) is 9.59 Å². The first-order valence-corrected chi connectivity index (χ1v) is 9.88. The van der Waals surface area contributed by atoms with Gasteiger partial charge in [0.25, 0.3) is 5.91 Å². The van der Waals surface area contributed by atoms with Gasteiger partial charge in [0.1, 0.15) is 11.5 Å². The van der Waals surface area contributed by atoms with Gasteiger partial charge in [0, 0.05) is 43.5 Å². The minimum absolute atomic E-state index is 0.0557. The first-order chi connectivity index (χ1) is 14.1. The molecule has 1 aliphatic rings. The second-order valence-corrected chi connectivity index (χ2v) is 7.28. The summed E-state index contributed by atoms with van der Waals surface area (Å²) in [7, 11) is 0. The molecule has 1 aromatic heterocycles. The minimum Gasteiger partial charge on any atom is -0.348 e. The van der Waals surface area contributed by atoms with Crippen LogP contribution in [0.3, 0.4) is 0 Å². The molecule has 148 valence electrons. The molecule has 1 aliphatic heterocycles. The topological polar surface area (TPSA) is 67.2 Å². The quantitative estimate of drug-likeness (QED) is 0.746. The second-order valence-electron chi connectivity index (χ2n) is 7.28. The highest BCUT2D eigenvalue weighted by molar-refractivity contribution is 5.93. The Morgan fingerprint density at radius 2 is 1.59 bits per heavy atom. The van der Waals surface area contributed by atoms with E-state index in [1.54, 1.807) is 13.1 Å². The number of aromatic nitrogens is 2. The molecule has 4 rings (SSSR count). The molecule has 6 heteroatoms. The molecular formula is C23H24N4O2. The van der Waals surface area contributed by atoms with Crippen molar-refractivity contribution in [3.8, 4) is 17.1 Å². The number of likely N-dealkylation sites (tertiary alicyclic amines) is 1. The molecule has 2 heterocycles. The number of hydrogen-bond acceptors (Lipinski definition) is 3. The first kappa shape index (κ1) is 18.9. The molecule has 1 N–H and O–H groups in total. The molecule has 0 aliphatic carbocycles. The number of imidazole rings is 1. The van der Waals surface area contributed by atoms with Gasteiger partial charge in [0.15, 0.2) is 0 Å². The van der Waals surface area contributed by atoms with Crippen molar-refractivity contribution in [3.05, 3.63) is 72.6 Å². The molecule has 0 radical (unpaired) electrons. The number of hydrogen-bond donors (Lipinski definition) is 1. The number of piperidine rings is 1. The lowest BCUT2D eigenvalue weighted by Crippen LogP contribution is -2.46. The zero-order chi connectivity index (χ0) is 20.2. The lowest BCUT2D eigenvalue weighted by atomic mass is 10.0. The largest absolute Gasteiger partial charge is 0.348 e. The number of para-hydroxylation sites is 1. The zero-order valence-electron chi connectivity index (χ0n) is 16.4. The van der Waals surface area contributed by atoms with Gasteiger partial charge in [0.05, 0.1) is 0 Å². The highest BCUT2D eigenvalue weighted by Gasteiger charge is 2.24. The fourth-order valence-electron chi connectivity index (χ4n) is 3.66. The molecule has 1 saturated heterocycles. The van der Waals surface area contributed by atoms with Crippen LogP contribution in [0.5, 0.6) is 0 Å². The van der Waals surface area contributed by atoms with Crippen molar-refractivity contribution < 1.29 is 9.59 Å². The predicted molar refractivity (Wildman–Crippen MR) is 112 cm³/mol. The van der Waals surface area contributed by atoms with Gasteiger partial charge in [-0.15, -0.1) is 0 Å². The predicted octanol–water partition coefficient (Wildman–Crippen LogP) is 3.28. The molecular weight excluding hydrogens is 364 g/mol. The van der Waals surface area contributed by atoms with Gasteiger partial charge in [-0.25, -0.2) is 4.98 Å². The zero-order valence-corrected chi connectivity index (χ0v) is 16.4. The van der Waals surface area contributed by atoms with Gasteiger partial charge in [-0.1, -0.05) is 48.5 Å². The summed E-state index contributed by atoms with van der Waals surface area (Å²) in [4.78, 5) is 30.8. The lowest BCUT2D eigenvalue weighted by molar-refractivity contribution is -0.129. The van der Waals surface area contributed by atoms with E-state index in [0.717, 1.165) is 29.9 Å². The second kappa shape index (κ2) is 8.31. The van der Waals surface area contributed by atoms with E-state index in [0.29, 0.717) is 18.8 Å². The summed E-state index contributed by atoms with van der Waals surface area (Å²) in [6.45, 7) is 2.93. The molecule has 0 bridgehead atoms. The Balaban J connectivity index is 1.57. The van der Waals surface area contributed by atoms with Crippen LogP contribution in [0.25, 0.3) is 17.1 Å². The van der Waals surface area contributed by atoms with Gasteiger partial charge in [0.2, 0.25) is 5.91 Å². The summed E-state index contributed by atoms with van der Waals surface area (Å²) in [5.74, 6) is 0.635. The molecule has 0 unspecified atom stereocenters. The molecule has 2 amide bonds. The van der Waals surface area contributed by atoms with Crippen LogP contribution in [0.2, 0.25) is 0 Å². The Morgan fingerprint density at radius 1 is 0.966 bits per heavy atom. The van der Waals surface area contributed by atoms with Crippen molar-refractivity contribution in [3.63, 3.8) is 0 Å². The highest BCUT2D eigenvalue weighted by Crippen LogP contribution is 2.23. The number of benzene rings is 2. The van der Waals surface area contributed by atoms with Crippen molar-refractivity contribution in [2.24, 2.45) is 0 Å². The summed E-state index contributed by atoms with van der Waals surface area (Å²) in [5, 5.41) is 3.09. The van der Waals surface area contributed by atoms with Crippen molar-refractivity contribution in [1.29, 1.82) is 0 Å². The summed E-state index contributed by atoms with van der Waals surface area (Å²) in [6.07, 6.45) is 3.31. The third-order valence-corrected chi connectivity index (χ3v) is 5.28. The maximum absolute atomic E-state index is 12.9. The van der Waals surface area contributed by atoms with E-state index in [1.165, 1.54) is 0 Å². The summed E-state index contributed by atoms with van der Waals surface area (Å²) in [5.41, 5.74) is 2.29. The van der Waals surface area contributed by atoms with E-state index in [2.05, 4.69) is 10.3 Å². The van der Waals surface area contributed by atoms with E-state index in [1.807, 2.05) is 70.1 Å². The Kier molecular flexibility index (Phi) is 5.42. The molecule has 29 heavy (non-hydrogen) atoms. The third-order valence-electron chi connectivity index (χ3n) is 5.28. The van der Waals surface area contributed by atoms with Crippen molar-refractivity contribution in [2.75, 3.05) is 13.1 Å². The number of carbonyl (C=O) groups is 2. The highest BCUT2D eigenvalue weighted by atomic mass is 16.2. The molecule has 0 saturated carbocycles. The summed E-state index contributed by atoms with van der Waals surface area (Å²) < 4.78 is 1.95. The normalized spacial score (nSPS) is 14.6. The number of amides is 2. The molecule has 2 aromatic carbocycles. The number of nitrogens with one attached hydrogen (secondary N) is 1. The van der Waals surface area contributed by atoms with E-state index < -0.39 is 0 Å². The van der Waals surface area contributed by atoms with Gasteiger partial charge >= 0.3 is 0 Å². The fraction of sp³-hybridized carbons (Fsp3) is 0.261. The van der Waals surface area contributed by atoms with Gasteiger partial charge in [-0.2, -0.15) is 0 Å². The maximum atomic E-state index is 12.9. The molecule has 0 atom stereocenters. The van der Waals surface area contributed by atoms with Crippen LogP contribution >= 0.6 is 0 Å². The Bertz CT molecular complexity index is 933. The number of rotatable bonds is 4. The standard InChI is InChI=1S/C23H24N4O2/c1-17(28)26-14-12-19(13-15-26)24-23(29)21-16-27(20-10-6-3-7-11-20)22(25-21)18-8-4-2-5-9-18/h2-11,16,19H,12-15H2,1H3,(H,24,29). The third kappa shape index (κ3) is 4.21. The van der Waals surface area contributed by atoms with Gasteiger partial charge in [-0.3, -0.25) is 14.2 Å².